The quantitative estimate of drug-likeness (QED) is 0.694. The van der Waals surface area contributed by atoms with E-state index in [0.29, 0.717) is 13.1 Å². The lowest BCUT2D eigenvalue weighted by atomic mass is 10.1. The molecule has 0 aromatic carbocycles. The highest BCUT2D eigenvalue weighted by Gasteiger charge is 2.27. The topological polar surface area (TPSA) is 41.6 Å². The van der Waals surface area contributed by atoms with E-state index in [1.165, 1.54) is 0 Å². The Labute approximate surface area is 85.6 Å². The number of likely N-dealkylation sites (N-methyl/N-ethyl adjacent to an activating group) is 1. The monoisotopic (exact) mass is 200 g/mol. The molecule has 0 atom stereocenters. The highest BCUT2D eigenvalue weighted by atomic mass is 16.5. The molecule has 1 N–H and O–H groups in total. The van der Waals surface area contributed by atoms with Crippen LogP contribution in [-0.2, 0) is 9.53 Å². The van der Waals surface area contributed by atoms with Gasteiger partial charge in [-0.3, -0.25) is 4.79 Å². The molecule has 4 nitrogen and oxygen atoms in total. The fourth-order valence-corrected chi connectivity index (χ4v) is 1.66. The number of amides is 1. The molecular weight excluding hydrogens is 180 g/mol. The third-order valence-electron chi connectivity index (χ3n) is 2.32. The Morgan fingerprint density at radius 3 is 2.93 bits per heavy atom. The van der Waals surface area contributed by atoms with Gasteiger partial charge in [0.15, 0.2) is 0 Å². The predicted octanol–water partition coefficient (Wildman–Crippen LogP) is 0.233. The van der Waals surface area contributed by atoms with E-state index in [1.807, 2.05) is 18.7 Å². The summed E-state index contributed by atoms with van der Waals surface area (Å²) in [5.74, 6) is 0.158. The first-order valence-electron chi connectivity index (χ1n) is 5.11. The first-order valence-corrected chi connectivity index (χ1v) is 5.11. The summed E-state index contributed by atoms with van der Waals surface area (Å²) in [7, 11) is 1.79. The highest BCUT2D eigenvalue weighted by molar-refractivity contribution is 5.78. The number of hydrogen-bond acceptors (Lipinski definition) is 3. The minimum Gasteiger partial charge on any atom is -0.374 e. The van der Waals surface area contributed by atoms with Crippen molar-refractivity contribution < 1.29 is 9.53 Å². The Kier molecular flexibility index (Phi) is 3.89. The molecule has 1 fully saturated rings. The van der Waals surface area contributed by atoms with Gasteiger partial charge in [-0.1, -0.05) is 0 Å². The lowest BCUT2D eigenvalue weighted by molar-refractivity contribution is -0.132. The zero-order valence-electron chi connectivity index (χ0n) is 9.30. The number of nitrogens with one attached hydrogen (secondary N) is 1. The molecular formula is C10H20N2O2. The second-order valence-corrected chi connectivity index (χ2v) is 4.31. The van der Waals surface area contributed by atoms with E-state index < -0.39 is 0 Å². The van der Waals surface area contributed by atoms with Crippen LogP contribution in [0.4, 0.5) is 0 Å². The number of hydrogen-bond donors (Lipinski definition) is 1. The molecule has 0 unspecified atom stereocenters. The van der Waals surface area contributed by atoms with E-state index in [0.717, 1.165) is 19.6 Å². The van der Waals surface area contributed by atoms with Crippen LogP contribution in [0.5, 0.6) is 0 Å². The van der Waals surface area contributed by atoms with Gasteiger partial charge in [-0.2, -0.15) is 0 Å². The maximum absolute atomic E-state index is 11.6. The van der Waals surface area contributed by atoms with Crippen LogP contribution >= 0.6 is 0 Å². The molecule has 1 aliphatic rings. The van der Waals surface area contributed by atoms with Crippen molar-refractivity contribution in [3.63, 3.8) is 0 Å². The summed E-state index contributed by atoms with van der Waals surface area (Å²) in [5.41, 5.74) is -0.208. The minimum absolute atomic E-state index is 0.158. The van der Waals surface area contributed by atoms with Crippen molar-refractivity contribution in [1.29, 1.82) is 0 Å². The van der Waals surface area contributed by atoms with Crippen LogP contribution in [-0.4, -0.2) is 49.7 Å². The zero-order chi connectivity index (χ0) is 10.6. The van der Waals surface area contributed by atoms with Crippen molar-refractivity contribution in [2.24, 2.45) is 0 Å². The molecule has 0 aliphatic carbocycles. The summed E-state index contributed by atoms with van der Waals surface area (Å²) in [5, 5.41) is 2.88. The molecule has 1 heterocycles. The molecule has 1 rings (SSSR count). The fraction of sp³-hybridized carbons (Fsp3) is 0.900. The van der Waals surface area contributed by atoms with E-state index in [4.69, 9.17) is 4.74 Å². The van der Waals surface area contributed by atoms with E-state index in [-0.39, 0.29) is 11.5 Å². The number of rotatable bonds is 2. The SMILES string of the molecule is CNCC(=O)N1CCCOC(C)(C)C1. The standard InChI is InChI=1S/C10H20N2O2/c1-10(2)8-12(5-4-6-14-10)9(13)7-11-3/h11H,4-8H2,1-3H3. The molecule has 82 valence electrons. The van der Waals surface area contributed by atoms with Gasteiger partial charge in [-0.05, 0) is 27.3 Å². The van der Waals surface area contributed by atoms with Gasteiger partial charge in [0, 0.05) is 19.7 Å². The molecule has 4 heteroatoms. The Balaban J connectivity index is 2.55. The molecule has 1 amide bonds. The normalized spacial score (nSPS) is 21.8. The smallest absolute Gasteiger partial charge is 0.236 e. The third kappa shape index (κ3) is 3.27. The summed E-state index contributed by atoms with van der Waals surface area (Å²) < 4.78 is 5.63. The average Bonchev–Trinajstić information content (AvgIpc) is 2.27. The van der Waals surface area contributed by atoms with Crippen LogP contribution in [0.2, 0.25) is 0 Å². The van der Waals surface area contributed by atoms with Gasteiger partial charge < -0.3 is 15.0 Å². The molecule has 0 bridgehead atoms. The van der Waals surface area contributed by atoms with Crippen LogP contribution in [0.15, 0.2) is 0 Å². The predicted molar refractivity (Wildman–Crippen MR) is 55.2 cm³/mol. The Morgan fingerprint density at radius 2 is 2.29 bits per heavy atom. The van der Waals surface area contributed by atoms with Crippen molar-refractivity contribution in [2.75, 3.05) is 33.3 Å². The van der Waals surface area contributed by atoms with E-state index in [9.17, 15) is 4.79 Å². The Morgan fingerprint density at radius 1 is 1.57 bits per heavy atom. The summed E-state index contributed by atoms with van der Waals surface area (Å²) in [6, 6.07) is 0. The van der Waals surface area contributed by atoms with Gasteiger partial charge >= 0.3 is 0 Å². The van der Waals surface area contributed by atoms with Crippen LogP contribution < -0.4 is 5.32 Å². The number of carbonyl (C=O) groups excluding carboxylic acids is 1. The van der Waals surface area contributed by atoms with Crippen LogP contribution in [0, 0.1) is 0 Å². The van der Waals surface area contributed by atoms with E-state index >= 15 is 0 Å². The fourth-order valence-electron chi connectivity index (χ4n) is 1.66. The maximum atomic E-state index is 11.6. The Hall–Kier alpha value is -0.610. The Bertz CT molecular complexity index is 204. The van der Waals surface area contributed by atoms with Crippen molar-refractivity contribution in [3.8, 4) is 0 Å². The van der Waals surface area contributed by atoms with E-state index in [1.54, 1.807) is 7.05 Å². The molecule has 0 aromatic heterocycles. The largest absolute Gasteiger partial charge is 0.374 e. The van der Waals surface area contributed by atoms with Crippen LogP contribution in [0.25, 0.3) is 0 Å². The van der Waals surface area contributed by atoms with Gasteiger partial charge in [0.25, 0.3) is 0 Å². The first kappa shape index (κ1) is 11.5. The number of ether oxygens (including phenoxy) is 1. The third-order valence-corrected chi connectivity index (χ3v) is 2.32. The summed E-state index contributed by atoms with van der Waals surface area (Å²) in [6.45, 7) is 6.71. The van der Waals surface area contributed by atoms with Crippen molar-refractivity contribution >= 4 is 5.91 Å². The van der Waals surface area contributed by atoms with Gasteiger partial charge in [0.1, 0.15) is 0 Å². The molecule has 0 aromatic rings. The van der Waals surface area contributed by atoms with E-state index in [2.05, 4.69) is 5.32 Å². The van der Waals surface area contributed by atoms with Gasteiger partial charge in [-0.15, -0.1) is 0 Å². The zero-order valence-corrected chi connectivity index (χ0v) is 9.30. The molecule has 0 spiro atoms. The van der Waals surface area contributed by atoms with Crippen molar-refractivity contribution in [3.05, 3.63) is 0 Å². The molecule has 1 saturated heterocycles. The van der Waals surface area contributed by atoms with Crippen molar-refractivity contribution in [2.45, 2.75) is 25.9 Å². The van der Waals surface area contributed by atoms with Gasteiger partial charge in [-0.25, -0.2) is 0 Å². The lowest BCUT2D eigenvalue weighted by Gasteiger charge is -2.29. The summed E-state index contributed by atoms with van der Waals surface area (Å²) in [6.07, 6.45) is 0.929. The number of nitrogens with zero attached hydrogens (tertiary/aromatic N) is 1. The second kappa shape index (κ2) is 4.75. The van der Waals surface area contributed by atoms with Gasteiger partial charge in [0.2, 0.25) is 5.91 Å². The second-order valence-electron chi connectivity index (χ2n) is 4.31. The van der Waals surface area contributed by atoms with Crippen molar-refractivity contribution in [1.82, 2.24) is 10.2 Å². The van der Waals surface area contributed by atoms with Crippen LogP contribution in [0.1, 0.15) is 20.3 Å². The summed E-state index contributed by atoms with van der Waals surface area (Å²) in [4.78, 5) is 13.5. The molecule has 0 radical (unpaired) electrons. The molecule has 1 aliphatic heterocycles. The lowest BCUT2D eigenvalue weighted by Crippen LogP contribution is -2.44. The minimum atomic E-state index is -0.208. The molecule has 0 saturated carbocycles. The van der Waals surface area contributed by atoms with Crippen LogP contribution in [0.3, 0.4) is 0 Å². The molecule has 14 heavy (non-hydrogen) atoms. The maximum Gasteiger partial charge on any atom is 0.236 e. The number of carbonyl (C=O) groups is 1. The first-order chi connectivity index (χ1) is 6.55. The summed E-state index contributed by atoms with van der Waals surface area (Å²) >= 11 is 0. The average molecular weight is 200 g/mol. The highest BCUT2D eigenvalue weighted by Crippen LogP contribution is 2.16. The van der Waals surface area contributed by atoms with Gasteiger partial charge in [0.05, 0.1) is 12.1 Å².